The third kappa shape index (κ3) is 5.40. The molecule has 1 heterocycles. The SMILES string of the molecule is CCC(CCN(C)CCCOc1ccc2cn[nH]c2c1)c1cccc(Cl)c1Cl. The van der Waals surface area contributed by atoms with E-state index in [0.29, 0.717) is 22.6 Å². The molecule has 1 N–H and O–H groups in total. The molecule has 2 aromatic carbocycles. The van der Waals surface area contributed by atoms with Crippen molar-refractivity contribution in [2.24, 2.45) is 0 Å². The van der Waals surface area contributed by atoms with Crippen LogP contribution >= 0.6 is 23.2 Å². The standard InChI is InChI=1S/C22H27Cl2N3O/c1-3-16(19-6-4-7-20(23)22(19)24)10-12-27(2)11-5-13-28-18-9-8-17-15-25-26-21(17)14-18/h4,6-9,14-16H,3,5,10-13H2,1-2H3,(H,25,26). The predicted molar refractivity (Wildman–Crippen MR) is 118 cm³/mol. The number of fused-ring (bicyclic) bond motifs is 1. The molecule has 0 spiro atoms. The van der Waals surface area contributed by atoms with Crippen LogP contribution in [-0.4, -0.2) is 41.8 Å². The van der Waals surface area contributed by atoms with Crippen molar-refractivity contribution in [2.45, 2.75) is 32.1 Å². The molecule has 0 aliphatic rings. The number of halogens is 2. The minimum absolute atomic E-state index is 0.422. The summed E-state index contributed by atoms with van der Waals surface area (Å²) in [7, 11) is 2.16. The van der Waals surface area contributed by atoms with Crippen LogP contribution in [0, 0.1) is 0 Å². The highest BCUT2D eigenvalue weighted by atomic mass is 35.5. The van der Waals surface area contributed by atoms with Gasteiger partial charge in [0.25, 0.3) is 0 Å². The molecule has 0 radical (unpaired) electrons. The van der Waals surface area contributed by atoms with E-state index in [0.717, 1.165) is 54.6 Å². The average molecular weight is 420 g/mol. The van der Waals surface area contributed by atoms with E-state index in [1.807, 2.05) is 36.5 Å². The molecule has 0 saturated heterocycles. The second-order valence-electron chi connectivity index (χ2n) is 7.16. The molecule has 28 heavy (non-hydrogen) atoms. The summed E-state index contributed by atoms with van der Waals surface area (Å²) in [6.07, 6.45) is 4.90. The molecule has 0 saturated carbocycles. The molecule has 0 fully saturated rings. The summed E-state index contributed by atoms with van der Waals surface area (Å²) in [5.41, 5.74) is 2.16. The van der Waals surface area contributed by atoms with Crippen LogP contribution in [0.15, 0.2) is 42.6 Å². The van der Waals surface area contributed by atoms with Gasteiger partial charge in [-0.1, -0.05) is 42.3 Å². The Hall–Kier alpha value is -1.75. The molecule has 0 amide bonds. The minimum atomic E-state index is 0.422. The van der Waals surface area contributed by atoms with E-state index in [-0.39, 0.29) is 0 Å². The van der Waals surface area contributed by atoms with Crippen molar-refractivity contribution in [3.8, 4) is 5.75 Å². The zero-order valence-corrected chi connectivity index (χ0v) is 17.9. The fraction of sp³-hybridized carbons (Fsp3) is 0.409. The molecule has 150 valence electrons. The molecule has 6 heteroatoms. The summed E-state index contributed by atoms with van der Waals surface area (Å²) in [5.74, 6) is 1.30. The van der Waals surface area contributed by atoms with E-state index in [1.54, 1.807) is 0 Å². The van der Waals surface area contributed by atoms with Gasteiger partial charge in [-0.15, -0.1) is 0 Å². The summed E-state index contributed by atoms with van der Waals surface area (Å²) in [6, 6.07) is 11.9. The number of nitrogens with zero attached hydrogens (tertiary/aromatic N) is 2. The fourth-order valence-electron chi connectivity index (χ4n) is 3.43. The Balaban J connectivity index is 1.41. The van der Waals surface area contributed by atoms with Crippen molar-refractivity contribution in [3.05, 3.63) is 58.2 Å². The number of rotatable bonds is 10. The molecule has 1 atom stereocenters. The Morgan fingerprint density at radius 2 is 2.04 bits per heavy atom. The molecule has 4 nitrogen and oxygen atoms in total. The first-order valence-corrected chi connectivity index (χ1v) is 10.5. The van der Waals surface area contributed by atoms with Crippen molar-refractivity contribution in [3.63, 3.8) is 0 Å². The highest BCUT2D eigenvalue weighted by Crippen LogP contribution is 2.34. The van der Waals surface area contributed by atoms with Crippen LogP contribution in [0.5, 0.6) is 5.75 Å². The summed E-state index contributed by atoms with van der Waals surface area (Å²) in [4.78, 5) is 2.35. The molecule has 3 aromatic rings. The van der Waals surface area contributed by atoms with Gasteiger partial charge in [-0.2, -0.15) is 5.10 Å². The lowest BCUT2D eigenvalue weighted by molar-refractivity contribution is 0.257. The number of hydrogen-bond donors (Lipinski definition) is 1. The fourth-order valence-corrected chi connectivity index (χ4v) is 3.90. The van der Waals surface area contributed by atoms with Crippen molar-refractivity contribution in [1.29, 1.82) is 0 Å². The van der Waals surface area contributed by atoms with Crippen LogP contribution in [0.1, 0.15) is 37.7 Å². The summed E-state index contributed by atoms with van der Waals surface area (Å²) >= 11 is 12.6. The van der Waals surface area contributed by atoms with Crippen molar-refractivity contribution in [2.75, 3.05) is 26.7 Å². The highest BCUT2D eigenvalue weighted by Gasteiger charge is 2.15. The monoisotopic (exact) mass is 419 g/mol. The van der Waals surface area contributed by atoms with Gasteiger partial charge >= 0.3 is 0 Å². The normalized spacial score (nSPS) is 12.6. The topological polar surface area (TPSA) is 41.1 Å². The Bertz CT molecular complexity index is 896. The Morgan fingerprint density at radius 3 is 2.86 bits per heavy atom. The summed E-state index contributed by atoms with van der Waals surface area (Å²) < 4.78 is 5.87. The maximum atomic E-state index is 6.40. The lowest BCUT2D eigenvalue weighted by atomic mass is 9.93. The van der Waals surface area contributed by atoms with E-state index in [4.69, 9.17) is 27.9 Å². The molecule has 3 rings (SSSR count). The molecule has 0 aliphatic carbocycles. The first kappa shape index (κ1) is 21.0. The van der Waals surface area contributed by atoms with Gasteiger partial charge in [0.1, 0.15) is 5.75 Å². The van der Waals surface area contributed by atoms with Gasteiger partial charge < -0.3 is 9.64 Å². The van der Waals surface area contributed by atoms with Gasteiger partial charge in [-0.25, -0.2) is 0 Å². The van der Waals surface area contributed by atoms with Crippen LogP contribution in [0.25, 0.3) is 10.9 Å². The van der Waals surface area contributed by atoms with E-state index in [9.17, 15) is 0 Å². The molecule has 0 aliphatic heterocycles. The van der Waals surface area contributed by atoms with Crippen LogP contribution in [0.4, 0.5) is 0 Å². The lowest BCUT2D eigenvalue weighted by Crippen LogP contribution is -2.23. The molecule has 1 aromatic heterocycles. The average Bonchev–Trinajstić information content (AvgIpc) is 3.16. The largest absolute Gasteiger partial charge is 0.493 e. The molecular formula is C22H27Cl2N3O. The molecular weight excluding hydrogens is 393 g/mol. The third-order valence-corrected chi connectivity index (χ3v) is 5.97. The van der Waals surface area contributed by atoms with Crippen molar-refractivity contribution < 1.29 is 4.74 Å². The quantitative estimate of drug-likeness (QED) is 0.400. The van der Waals surface area contributed by atoms with Crippen molar-refractivity contribution in [1.82, 2.24) is 15.1 Å². The van der Waals surface area contributed by atoms with Crippen LogP contribution in [0.2, 0.25) is 10.0 Å². The summed E-state index contributed by atoms with van der Waals surface area (Å²) in [5, 5.41) is 9.43. The van der Waals surface area contributed by atoms with Crippen molar-refractivity contribution >= 4 is 34.1 Å². The second kappa shape index (κ2) is 10.1. The van der Waals surface area contributed by atoms with Crippen LogP contribution in [0.3, 0.4) is 0 Å². The zero-order valence-electron chi connectivity index (χ0n) is 16.4. The van der Waals surface area contributed by atoms with Gasteiger partial charge in [0.2, 0.25) is 0 Å². The Labute approximate surface area is 176 Å². The second-order valence-corrected chi connectivity index (χ2v) is 7.95. The number of aromatic nitrogens is 2. The number of benzene rings is 2. The zero-order chi connectivity index (χ0) is 19.9. The predicted octanol–water partition coefficient (Wildman–Crippen LogP) is 6.15. The maximum absolute atomic E-state index is 6.40. The first-order chi connectivity index (χ1) is 13.6. The first-order valence-electron chi connectivity index (χ1n) is 9.77. The maximum Gasteiger partial charge on any atom is 0.121 e. The highest BCUT2D eigenvalue weighted by molar-refractivity contribution is 6.42. The van der Waals surface area contributed by atoms with Gasteiger partial charge in [-0.05, 0) is 62.5 Å². The number of H-pyrrole nitrogens is 1. The Kier molecular flexibility index (Phi) is 7.60. The lowest BCUT2D eigenvalue weighted by Gasteiger charge is -2.22. The minimum Gasteiger partial charge on any atom is -0.493 e. The van der Waals surface area contributed by atoms with E-state index in [2.05, 4.69) is 35.1 Å². The van der Waals surface area contributed by atoms with Crippen LogP contribution < -0.4 is 4.74 Å². The van der Waals surface area contributed by atoms with Gasteiger partial charge in [0.05, 0.1) is 28.4 Å². The Morgan fingerprint density at radius 1 is 1.18 bits per heavy atom. The van der Waals surface area contributed by atoms with Gasteiger partial charge in [0.15, 0.2) is 0 Å². The molecule has 0 bridgehead atoms. The van der Waals surface area contributed by atoms with E-state index >= 15 is 0 Å². The van der Waals surface area contributed by atoms with Gasteiger partial charge in [-0.3, -0.25) is 5.10 Å². The van der Waals surface area contributed by atoms with E-state index in [1.165, 1.54) is 0 Å². The van der Waals surface area contributed by atoms with Gasteiger partial charge in [0, 0.05) is 18.0 Å². The number of ether oxygens (including phenoxy) is 1. The smallest absolute Gasteiger partial charge is 0.121 e. The van der Waals surface area contributed by atoms with E-state index < -0.39 is 0 Å². The summed E-state index contributed by atoms with van der Waals surface area (Å²) in [6.45, 7) is 4.90. The molecule has 1 unspecified atom stereocenters. The van der Waals surface area contributed by atoms with Crippen LogP contribution in [-0.2, 0) is 0 Å². The number of hydrogen-bond acceptors (Lipinski definition) is 3. The third-order valence-electron chi connectivity index (χ3n) is 5.14. The number of aromatic amines is 1. The number of nitrogens with one attached hydrogen (secondary N) is 1.